The van der Waals surface area contributed by atoms with Crippen LogP contribution in [0.1, 0.15) is 5.56 Å². The van der Waals surface area contributed by atoms with Gasteiger partial charge in [-0.25, -0.2) is 0 Å². The molecule has 0 aliphatic carbocycles. The van der Waals surface area contributed by atoms with Gasteiger partial charge in [0, 0.05) is 5.69 Å². The lowest BCUT2D eigenvalue weighted by Crippen LogP contribution is -2.32. The van der Waals surface area contributed by atoms with Crippen molar-refractivity contribution in [3.05, 3.63) is 87.7 Å². The number of anilines is 1. The van der Waals surface area contributed by atoms with Gasteiger partial charge in [-0.3, -0.25) is 4.79 Å². The van der Waals surface area contributed by atoms with Gasteiger partial charge in [-0.15, -0.1) is 0 Å². The number of methoxy groups -OCH3 is 1. The maximum absolute atomic E-state index is 13.1. The Balaban J connectivity index is 1.57. The molecule has 0 spiro atoms. The van der Waals surface area contributed by atoms with Gasteiger partial charge >= 0.3 is 0 Å². The molecule has 1 aliphatic rings. The second-order valence-electron chi connectivity index (χ2n) is 7.05. The lowest BCUT2D eigenvalue weighted by molar-refractivity contribution is 0.289. The second kappa shape index (κ2) is 7.43. The predicted octanol–water partition coefficient (Wildman–Crippen LogP) is 5.48. The number of hydrogen-bond donors (Lipinski definition) is 0. The van der Waals surface area contributed by atoms with Crippen LogP contribution in [0.15, 0.2) is 76.1 Å². The van der Waals surface area contributed by atoms with Crippen LogP contribution in [0.2, 0.25) is 5.02 Å². The van der Waals surface area contributed by atoms with Crippen LogP contribution in [0.3, 0.4) is 0 Å². The van der Waals surface area contributed by atoms with Crippen molar-refractivity contribution in [2.45, 2.75) is 6.54 Å². The zero-order valence-corrected chi connectivity index (χ0v) is 17.0. The van der Waals surface area contributed by atoms with Crippen LogP contribution in [-0.4, -0.2) is 13.8 Å². The van der Waals surface area contributed by atoms with E-state index in [4.69, 9.17) is 25.5 Å². The average molecular weight is 420 g/mol. The summed E-state index contributed by atoms with van der Waals surface area (Å²) < 4.78 is 17.1. The summed E-state index contributed by atoms with van der Waals surface area (Å²) in [4.78, 5) is 15.2. The van der Waals surface area contributed by atoms with Crippen LogP contribution in [-0.2, 0) is 6.54 Å². The van der Waals surface area contributed by atoms with Crippen LogP contribution in [0.4, 0.5) is 5.69 Å². The van der Waals surface area contributed by atoms with E-state index in [0.29, 0.717) is 46.3 Å². The topological polar surface area (TPSA) is 51.9 Å². The number of nitrogens with zero attached hydrogens (tertiary/aromatic N) is 1. The molecule has 3 aromatic carbocycles. The smallest absolute Gasteiger partial charge is 0.200 e. The van der Waals surface area contributed by atoms with Gasteiger partial charge in [-0.1, -0.05) is 41.9 Å². The molecule has 0 unspecified atom stereocenters. The molecule has 0 N–H and O–H groups in total. The van der Waals surface area contributed by atoms with Gasteiger partial charge in [0.1, 0.15) is 23.3 Å². The summed E-state index contributed by atoms with van der Waals surface area (Å²) in [7, 11) is 1.58. The highest BCUT2D eigenvalue weighted by molar-refractivity contribution is 6.32. The zero-order valence-electron chi connectivity index (χ0n) is 16.2. The fourth-order valence-corrected chi connectivity index (χ4v) is 4.00. The lowest BCUT2D eigenvalue weighted by Gasteiger charge is -2.31. The molecule has 30 heavy (non-hydrogen) atoms. The van der Waals surface area contributed by atoms with Gasteiger partial charge in [0.05, 0.1) is 35.2 Å². The van der Waals surface area contributed by atoms with Gasteiger partial charge in [0.2, 0.25) is 5.43 Å². The summed E-state index contributed by atoms with van der Waals surface area (Å²) >= 11 is 6.29. The van der Waals surface area contributed by atoms with Crippen molar-refractivity contribution in [2.75, 3.05) is 18.7 Å². The Kier molecular flexibility index (Phi) is 4.60. The van der Waals surface area contributed by atoms with E-state index >= 15 is 0 Å². The van der Waals surface area contributed by atoms with E-state index in [9.17, 15) is 4.79 Å². The van der Waals surface area contributed by atoms with E-state index < -0.39 is 0 Å². The van der Waals surface area contributed by atoms with Crippen molar-refractivity contribution in [1.82, 2.24) is 0 Å². The Hall–Kier alpha value is -3.44. The molecule has 5 rings (SSSR count). The summed E-state index contributed by atoms with van der Waals surface area (Å²) in [5, 5.41) is 1.06. The first-order chi connectivity index (χ1) is 14.7. The normalized spacial score (nSPS) is 13.1. The minimum Gasteiger partial charge on any atom is -0.495 e. The summed E-state index contributed by atoms with van der Waals surface area (Å²) in [6.45, 7) is 0.899. The van der Waals surface area contributed by atoms with Crippen molar-refractivity contribution in [3.63, 3.8) is 0 Å². The van der Waals surface area contributed by atoms with E-state index in [1.165, 1.54) is 6.26 Å². The molecule has 6 heteroatoms. The molecule has 0 bridgehead atoms. The number of hydrogen-bond acceptors (Lipinski definition) is 5. The van der Waals surface area contributed by atoms with Crippen molar-refractivity contribution >= 4 is 28.3 Å². The maximum atomic E-state index is 13.1. The Morgan fingerprint density at radius 3 is 2.67 bits per heavy atom. The van der Waals surface area contributed by atoms with E-state index in [1.54, 1.807) is 13.2 Å². The fourth-order valence-electron chi connectivity index (χ4n) is 3.74. The van der Waals surface area contributed by atoms with Crippen LogP contribution < -0.4 is 19.8 Å². The lowest BCUT2D eigenvalue weighted by atomic mass is 10.0. The number of rotatable bonds is 3. The van der Waals surface area contributed by atoms with Crippen LogP contribution in [0.5, 0.6) is 11.5 Å². The SMILES string of the molecule is COc1ccc(N2COc3ccc4c(=O)c(-c5ccccc5)coc4c3C2)cc1Cl. The zero-order chi connectivity index (χ0) is 20.7. The fraction of sp³-hybridized carbons (Fsp3) is 0.125. The molecule has 1 aliphatic heterocycles. The third-order valence-corrected chi connectivity index (χ3v) is 5.61. The summed E-state index contributed by atoms with van der Waals surface area (Å²) in [5.41, 5.74) is 3.58. The van der Waals surface area contributed by atoms with Crippen molar-refractivity contribution in [2.24, 2.45) is 0 Å². The molecule has 5 nitrogen and oxygen atoms in total. The highest BCUT2D eigenvalue weighted by Crippen LogP contribution is 2.36. The van der Waals surface area contributed by atoms with Gasteiger partial charge < -0.3 is 18.8 Å². The molecule has 0 fully saturated rings. The van der Waals surface area contributed by atoms with Crippen molar-refractivity contribution in [1.29, 1.82) is 0 Å². The molecule has 0 amide bonds. The highest BCUT2D eigenvalue weighted by atomic mass is 35.5. The van der Waals surface area contributed by atoms with E-state index in [1.807, 2.05) is 59.5 Å². The van der Waals surface area contributed by atoms with E-state index in [0.717, 1.165) is 16.8 Å². The third kappa shape index (κ3) is 3.08. The monoisotopic (exact) mass is 419 g/mol. The van der Waals surface area contributed by atoms with Crippen molar-refractivity contribution in [3.8, 4) is 22.6 Å². The Labute approximate surface area is 178 Å². The molecule has 2 heterocycles. The highest BCUT2D eigenvalue weighted by Gasteiger charge is 2.23. The summed E-state index contributed by atoms with van der Waals surface area (Å²) in [6.07, 6.45) is 1.53. The number of halogens is 1. The van der Waals surface area contributed by atoms with Gasteiger partial charge in [-0.05, 0) is 35.9 Å². The molecule has 0 radical (unpaired) electrons. The molecule has 0 saturated heterocycles. The first-order valence-electron chi connectivity index (χ1n) is 9.50. The summed E-state index contributed by atoms with van der Waals surface area (Å²) in [5.74, 6) is 1.33. The molecule has 1 aromatic heterocycles. The van der Waals surface area contributed by atoms with Gasteiger partial charge in [-0.2, -0.15) is 0 Å². The maximum Gasteiger partial charge on any atom is 0.200 e. The second-order valence-corrected chi connectivity index (χ2v) is 7.46. The first kappa shape index (κ1) is 18.6. The number of fused-ring (bicyclic) bond motifs is 3. The summed E-state index contributed by atoms with van der Waals surface area (Å²) in [6, 6.07) is 18.7. The van der Waals surface area contributed by atoms with Crippen LogP contribution in [0.25, 0.3) is 22.1 Å². The largest absolute Gasteiger partial charge is 0.495 e. The van der Waals surface area contributed by atoms with Crippen molar-refractivity contribution < 1.29 is 13.9 Å². The van der Waals surface area contributed by atoms with Crippen LogP contribution in [0, 0.1) is 0 Å². The molecular formula is C24H18ClNO4. The van der Waals surface area contributed by atoms with Gasteiger partial charge in [0.15, 0.2) is 6.73 Å². The molecule has 150 valence electrons. The Morgan fingerprint density at radius 1 is 1.07 bits per heavy atom. The van der Waals surface area contributed by atoms with E-state index in [-0.39, 0.29) is 5.43 Å². The minimum atomic E-state index is -0.0603. The molecular weight excluding hydrogens is 402 g/mol. The number of ether oxygens (including phenoxy) is 2. The Morgan fingerprint density at radius 2 is 1.90 bits per heavy atom. The predicted molar refractivity (Wildman–Crippen MR) is 118 cm³/mol. The van der Waals surface area contributed by atoms with Crippen LogP contribution >= 0.6 is 11.6 Å². The average Bonchev–Trinajstić information content (AvgIpc) is 2.79. The third-order valence-electron chi connectivity index (χ3n) is 5.31. The standard InChI is InChI=1S/C24H18ClNO4/c1-28-22-9-7-16(11-20(22)25)26-12-18-21(30-14-26)10-8-17-23(27)19(13-29-24(17)18)15-5-3-2-4-6-15/h2-11,13H,12,14H2,1H3. The number of benzene rings is 3. The Bertz CT molecular complexity index is 1300. The molecule has 0 saturated carbocycles. The van der Waals surface area contributed by atoms with Gasteiger partial charge in [0.25, 0.3) is 0 Å². The minimum absolute atomic E-state index is 0.0603. The first-order valence-corrected chi connectivity index (χ1v) is 9.87. The quantitative estimate of drug-likeness (QED) is 0.440. The molecule has 0 atom stereocenters. The molecule has 4 aromatic rings. The van der Waals surface area contributed by atoms with E-state index in [2.05, 4.69) is 0 Å².